The quantitative estimate of drug-likeness (QED) is 0.0498. The molecule has 0 aliphatic rings. The molecule has 67 heavy (non-hydrogen) atoms. The van der Waals surface area contributed by atoms with Gasteiger partial charge in [0.05, 0.1) is 77.2 Å². The first-order valence-electron chi connectivity index (χ1n) is 21.9. The predicted molar refractivity (Wildman–Crippen MR) is 243 cm³/mol. The first kappa shape index (κ1) is 56.1. The first-order valence-corrected chi connectivity index (χ1v) is 23.0. The molecule has 0 radical (unpaired) electrons. The van der Waals surface area contributed by atoms with Crippen LogP contribution in [0.4, 0.5) is 24.8 Å². The summed E-state index contributed by atoms with van der Waals surface area (Å²) in [5, 5.41) is 16.8. The van der Waals surface area contributed by atoms with Crippen molar-refractivity contribution >= 4 is 55.0 Å². The maximum atomic E-state index is 13.7. The number of fused-ring (bicyclic) bond motifs is 1. The standard InChI is InChI=1S/C43H62F3N10O10P/c1-28(2)38(58)53-42-52-37-36(40(60)54-42)51-33(26-49-37)27-55(41(61)43(44,45)46)34-13-11-32(12-14-34)39(59)50-31(7)10-15-35(57)48-17-9-18-62-20-21-63-22-23-64-24-25-66-67(65-19-8-16-47)56(29(3)4)30(5)6/h11-14,26,28-31H,8-10,15,17-25,27H2,1-7H3,(H,48,57)(H,50,59)(H2,49,52,53,54,58,60)/t31-,67?/m1/s1. The normalized spacial score (nSPS) is 12.7. The van der Waals surface area contributed by atoms with Gasteiger partial charge in [-0.05, 0) is 71.7 Å². The van der Waals surface area contributed by atoms with Gasteiger partial charge in [0.1, 0.15) is 0 Å². The lowest BCUT2D eigenvalue weighted by Crippen LogP contribution is -2.41. The second-order valence-corrected chi connectivity index (χ2v) is 17.3. The summed E-state index contributed by atoms with van der Waals surface area (Å²) in [5.74, 6) is -4.02. The van der Waals surface area contributed by atoms with Gasteiger partial charge in [0.2, 0.25) is 17.8 Å². The third kappa shape index (κ3) is 19.9. The van der Waals surface area contributed by atoms with Gasteiger partial charge in [0.25, 0.3) is 20.0 Å². The van der Waals surface area contributed by atoms with Crippen molar-refractivity contribution in [3.05, 3.63) is 52.1 Å². The molecule has 0 bridgehead atoms. The number of nitrogens with zero attached hydrogens (tertiary/aromatic N) is 6. The van der Waals surface area contributed by atoms with Crippen LogP contribution in [0.5, 0.6) is 0 Å². The van der Waals surface area contributed by atoms with Crippen LogP contribution in [0.15, 0.2) is 35.3 Å². The summed E-state index contributed by atoms with van der Waals surface area (Å²) in [7, 11) is -1.32. The van der Waals surface area contributed by atoms with Gasteiger partial charge in [-0.3, -0.25) is 39.2 Å². The highest BCUT2D eigenvalue weighted by Crippen LogP contribution is 2.45. The van der Waals surface area contributed by atoms with Crippen LogP contribution in [0.3, 0.4) is 0 Å². The highest BCUT2D eigenvalue weighted by molar-refractivity contribution is 7.44. The maximum Gasteiger partial charge on any atom is 0.471 e. The molecule has 370 valence electrons. The molecule has 24 heteroatoms. The second kappa shape index (κ2) is 28.9. The molecule has 0 fully saturated rings. The number of carbonyl (C=O) groups excluding carboxylic acids is 4. The number of nitriles is 1. The van der Waals surface area contributed by atoms with Gasteiger partial charge in [-0.15, -0.1) is 0 Å². The van der Waals surface area contributed by atoms with Crippen molar-refractivity contribution in [1.29, 1.82) is 5.26 Å². The fraction of sp³-hybridized carbons (Fsp3) is 0.605. The van der Waals surface area contributed by atoms with Crippen LogP contribution >= 0.6 is 8.53 Å². The zero-order valence-electron chi connectivity index (χ0n) is 38.9. The molecule has 2 heterocycles. The number of hydrogen-bond acceptors (Lipinski definition) is 15. The molecule has 4 N–H and O–H groups in total. The molecule has 0 aliphatic carbocycles. The molecule has 0 spiro atoms. The van der Waals surface area contributed by atoms with Crippen molar-refractivity contribution in [3.63, 3.8) is 0 Å². The summed E-state index contributed by atoms with van der Waals surface area (Å²) in [6.45, 7) is 15.8. The molecule has 3 rings (SSSR count). The van der Waals surface area contributed by atoms with E-state index in [1.807, 2.05) is 0 Å². The third-order valence-corrected chi connectivity index (χ3v) is 11.4. The number of aromatic amines is 1. The van der Waals surface area contributed by atoms with Crippen LogP contribution in [0.1, 0.15) is 90.2 Å². The van der Waals surface area contributed by atoms with E-state index in [0.29, 0.717) is 83.6 Å². The van der Waals surface area contributed by atoms with E-state index in [-0.39, 0.29) is 58.5 Å². The van der Waals surface area contributed by atoms with Gasteiger partial charge < -0.3 is 33.9 Å². The average Bonchev–Trinajstić information content (AvgIpc) is 3.26. The number of hydrogen-bond donors (Lipinski definition) is 4. The van der Waals surface area contributed by atoms with E-state index in [1.165, 1.54) is 12.1 Å². The fourth-order valence-corrected chi connectivity index (χ4v) is 7.56. The molecule has 1 aromatic carbocycles. The monoisotopic (exact) mass is 966 g/mol. The van der Waals surface area contributed by atoms with Crippen LogP contribution in [0, 0.1) is 17.2 Å². The second-order valence-electron chi connectivity index (χ2n) is 15.9. The molecule has 2 aromatic heterocycles. The fourth-order valence-electron chi connectivity index (χ4n) is 5.99. The Morgan fingerprint density at radius 1 is 0.866 bits per heavy atom. The lowest BCUT2D eigenvalue weighted by Gasteiger charge is -2.35. The molecular weight excluding hydrogens is 905 g/mol. The van der Waals surface area contributed by atoms with Crippen LogP contribution < -0.4 is 26.4 Å². The van der Waals surface area contributed by atoms with Gasteiger partial charge in [-0.1, -0.05) is 13.8 Å². The minimum Gasteiger partial charge on any atom is -0.379 e. The van der Waals surface area contributed by atoms with Gasteiger partial charge in [-0.2, -0.15) is 23.4 Å². The average molecular weight is 967 g/mol. The maximum absolute atomic E-state index is 13.7. The van der Waals surface area contributed by atoms with Crippen LogP contribution in [-0.2, 0) is 44.2 Å². The van der Waals surface area contributed by atoms with Crippen molar-refractivity contribution in [2.75, 3.05) is 69.6 Å². The Morgan fingerprint density at radius 2 is 1.48 bits per heavy atom. The van der Waals surface area contributed by atoms with E-state index < -0.39 is 56.5 Å². The number of H-pyrrole nitrogens is 1. The van der Waals surface area contributed by atoms with E-state index in [9.17, 15) is 37.1 Å². The molecule has 0 aliphatic heterocycles. The third-order valence-electron chi connectivity index (χ3n) is 9.29. The molecule has 0 saturated heterocycles. The lowest BCUT2D eigenvalue weighted by molar-refractivity contribution is -0.170. The number of amides is 4. The van der Waals surface area contributed by atoms with E-state index in [0.717, 1.165) is 18.3 Å². The largest absolute Gasteiger partial charge is 0.471 e. The Morgan fingerprint density at radius 3 is 2.07 bits per heavy atom. The minimum atomic E-state index is -5.28. The number of alkyl halides is 3. The van der Waals surface area contributed by atoms with Crippen LogP contribution in [0.25, 0.3) is 11.2 Å². The summed E-state index contributed by atoms with van der Waals surface area (Å²) >= 11 is 0. The molecule has 3 aromatic rings. The summed E-state index contributed by atoms with van der Waals surface area (Å²) in [6.07, 6.45) is -2.93. The summed E-state index contributed by atoms with van der Waals surface area (Å²) in [6, 6.07) is 6.89. The number of benzene rings is 1. The van der Waals surface area contributed by atoms with Crippen molar-refractivity contribution in [3.8, 4) is 6.07 Å². The Kier molecular flexibility index (Phi) is 24.2. The number of rotatable bonds is 30. The molecule has 0 saturated carbocycles. The highest BCUT2D eigenvalue weighted by atomic mass is 31.2. The summed E-state index contributed by atoms with van der Waals surface area (Å²) < 4.78 is 71.9. The van der Waals surface area contributed by atoms with Crippen molar-refractivity contribution in [2.45, 2.75) is 105 Å². The minimum absolute atomic E-state index is 0.0909. The number of nitrogens with one attached hydrogen (secondary N) is 4. The van der Waals surface area contributed by atoms with Crippen molar-refractivity contribution in [2.24, 2.45) is 5.92 Å². The van der Waals surface area contributed by atoms with E-state index in [4.69, 9.17) is 28.5 Å². The zero-order chi connectivity index (χ0) is 49.5. The number of anilines is 2. The Hall–Kier alpha value is -5.21. The van der Waals surface area contributed by atoms with Crippen LogP contribution in [0.2, 0.25) is 0 Å². The van der Waals surface area contributed by atoms with Gasteiger partial charge in [-0.25, -0.2) is 14.6 Å². The van der Waals surface area contributed by atoms with Crippen molar-refractivity contribution in [1.82, 2.24) is 35.2 Å². The SMILES string of the molecule is CC(C)C(=O)Nc1nc2ncc(CN(C(=O)C(F)(F)F)c3ccc(C(=O)N[C@H](C)CCC(=O)NCCCOCCOCCOCCOP(OCCC#N)N(C(C)C)C(C)C)cc3)nc2c(=O)[nH]1. The topological polar surface area (TPSA) is 252 Å². The van der Waals surface area contributed by atoms with Crippen LogP contribution in [-0.4, -0.2) is 132 Å². The number of ether oxygens (including phenoxy) is 3. The Labute approximate surface area is 389 Å². The Balaban J connectivity index is 1.34. The number of carbonyl (C=O) groups is 4. The predicted octanol–water partition coefficient (Wildman–Crippen LogP) is 5.15. The molecule has 4 amide bonds. The molecular formula is C43H62F3N10O10P. The molecule has 1 unspecified atom stereocenters. The zero-order valence-corrected chi connectivity index (χ0v) is 39.8. The molecule has 2 atom stereocenters. The lowest BCUT2D eigenvalue weighted by atomic mass is 10.1. The Bertz CT molecular complexity index is 2130. The number of halogens is 3. The van der Waals surface area contributed by atoms with E-state index in [1.54, 1.807) is 20.8 Å². The summed E-state index contributed by atoms with van der Waals surface area (Å²) in [5.41, 5.74) is -1.62. The number of aromatic nitrogens is 4. The van der Waals surface area contributed by atoms with Crippen molar-refractivity contribution < 1.29 is 55.6 Å². The van der Waals surface area contributed by atoms with Gasteiger partial charge >= 0.3 is 12.1 Å². The van der Waals surface area contributed by atoms with Gasteiger partial charge in [0.15, 0.2) is 11.2 Å². The van der Waals surface area contributed by atoms with Gasteiger partial charge in [0, 0.05) is 54.9 Å². The molecule has 20 nitrogen and oxygen atoms in total. The summed E-state index contributed by atoms with van der Waals surface area (Å²) in [4.78, 5) is 77.5. The smallest absolute Gasteiger partial charge is 0.379 e. The first-order chi connectivity index (χ1) is 31.8. The van der Waals surface area contributed by atoms with E-state index >= 15 is 0 Å². The van der Waals surface area contributed by atoms with E-state index in [2.05, 4.69) is 74.3 Å². The highest BCUT2D eigenvalue weighted by Gasteiger charge is 2.43.